The Balaban J connectivity index is 1.29. The number of nitrogens with one attached hydrogen (secondary N) is 2. The Bertz CT molecular complexity index is 1370. The SMILES string of the molecule is O=C(/C=C/c1ccccc1)Nc1cccc(SCC(=O)Nc2nc(-c3ccc(Cl)c(Cl)c3)cs2)c1. The summed E-state index contributed by atoms with van der Waals surface area (Å²) in [6.07, 6.45) is 3.24. The molecule has 0 atom stereocenters. The zero-order valence-electron chi connectivity index (χ0n) is 18.2. The van der Waals surface area contributed by atoms with E-state index in [0.717, 1.165) is 16.0 Å². The van der Waals surface area contributed by atoms with Crippen LogP contribution in [0.25, 0.3) is 17.3 Å². The number of hydrogen-bond donors (Lipinski definition) is 2. The first-order chi connectivity index (χ1) is 17.0. The number of thiazole rings is 1. The first kappa shape index (κ1) is 25.0. The number of thioether (sulfide) groups is 1. The number of halogens is 2. The van der Waals surface area contributed by atoms with Gasteiger partial charge in [-0.3, -0.25) is 9.59 Å². The molecule has 3 aromatic carbocycles. The van der Waals surface area contributed by atoms with E-state index in [1.807, 2.05) is 60.0 Å². The third-order valence-corrected chi connectivity index (χ3v) is 7.15. The Morgan fingerprint density at radius 2 is 1.77 bits per heavy atom. The summed E-state index contributed by atoms with van der Waals surface area (Å²) < 4.78 is 0. The van der Waals surface area contributed by atoms with Crippen LogP contribution >= 0.6 is 46.3 Å². The Morgan fingerprint density at radius 3 is 2.57 bits per heavy atom. The predicted octanol–water partition coefficient (Wildman–Crippen LogP) is 7.50. The number of hydrogen-bond acceptors (Lipinski definition) is 5. The van der Waals surface area contributed by atoms with E-state index in [0.29, 0.717) is 26.6 Å². The number of rotatable bonds is 8. The highest BCUT2D eigenvalue weighted by Crippen LogP contribution is 2.30. The molecule has 0 saturated heterocycles. The minimum atomic E-state index is -0.227. The van der Waals surface area contributed by atoms with E-state index in [4.69, 9.17) is 23.2 Å². The monoisotopic (exact) mass is 539 g/mol. The summed E-state index contributed by atoms with van der Waals surface area (Å²) in [6.45, 7) is 0. The van der Waals surface area contributed by atoms with Crippen LogP contribution in [0.3, 0.4) is 0 Å². The molecule has 2 amide bonds. The minimum Gasteiger partial charge on any atom is -0.322 e. The molecule has 0 spiro atoms. The van der Waals surface area contributed by atoms with Crippen molar-refractivity contribution in [1.82, 2.24) is 4.98 Å². The molecule has 0 unspecified atom stereocenters. The number of carbonyl (C=O) groups is 2. The van der Waals surface area contributed by atoms with Crippen molar-refractivity contribution >= 4 is 75.0 Å². The van der Waals surface area contributed by atoms with Crippen LogP contribution in [0.1, 0.15) is 5.56 Å². The molecule has 2 N–H and O–H groups in total. The van der Waals surface area contributed by atoms with Gasteiger partial charge in [0.15, 0.2) is 5.13 Å². The van der Waals surface area contributed by atoms with Gasteiger partial charge in [0, 0.05) is 27.6 Å². The van der Waals surface area contributed by atoms with Crippen LogP contribution in [0.2, 0.25) is 10.0 Å². The fraction of sp³-hybridized carbons (Fsp3) is 0.0385. The molecule has 0 saturated carbocycles. The number of aromatic nitrogens is 1. The summed E-state index contributed by atoms with van der Waals surface area (Å²) in [5.41, 5.74) is 3.14. The van der Waals surface area contributed by atoms with Crippen LogP contribution in [0.5, 0.6) is 0 Å². The quantitative estimate of drug-likeness (QED) is 0.179. The van der Waals surface area contributed by atoms with Crippen molar-refractivity contribution in [2.75, 3.05) is 16.4 Å². The molecule has 0 fully saturated rings. The van der Waals surface area contributed by atoms with E-state index in [1.165, 1.54) is 29.2 Å². The number of anilines is 2. The topological polar surface area (TPSA) is 71.1 Å². The molecule has 0 aliphatic carbocycles. The van der Waals surface area contributed by atoms with Gasteiger partial charge in [-0.2, -0.15) is 0 Å². The fourth-order valence-corrected chi connectivity index (χ4v) is 4.80. The van der Waals surface area contributed by atoms with E-state index in [2.05, 4.69) is 15.6 Å². The summed E-state index contributed by atoms with van der Waals surface area (Å²) in [5, 5.41) is 8.93. The first-order valence-electron chi connectivity index (χ1n) is 10.4. The van der Waals surface area contributed by atoms with Crippen LogP contribution in [-0.2, 0) is 9.59 Å². The van der Waals surface area contributed by atoms with Crippen molar-refractivity contribution in [3.05, 3.63) is 99.9 Å². The molecule has 0 bridgehead atoms. The van der Waals surface area contributed by atoms with Crippen molar-refractivity contribution in [1.29, 1.82) is 0 Å². The van der Waals surface area contributed by atoms with Crippen molar-refractivity contribution in [3.8, 4) is 11.3 Å². The highest BCUT2D eigenvalue weighted by molar-refractivity contribution is 8.00. The molecule has 35 heavy (non-hydrogen) atoms. The van der Waals surface area contributed by atoms with Crippen molar-refractivity contribution in [3.63, 3.8) is 0 Å². The van der Waals surface area contributed by atoms with Gasteiger partial charge in [0.2, 0.25) is 11.8 Å². The number of nitrogens with zero attached hydrogens (tertiary/aromatic N) is 1. The average Bonchev–Trinajstić information content (AvgIpc) is 3.32. The maximum atomic E-state index is 12.4. The summed E-state index contributed by atoms with van der Waals surface area (Å²) in [6, 6.07) is 22.2. The normalized spacial score (nSPS) is 10.9. The summed E-state index contributed by atoms with van der Waals surface area (Å²) >= 11 is 14.7. The molecule has 5 nitrogen and oxygen atoms in total. The van der Waals surface area contributed by atoms with Crippen LogP contribution in [0.4, 0.5) is 10.8 Å². The molecule has 1 aromatic heterocycles. The van der Waals surface area contributed by atoms with Gasteiger partial charge in [0.05, 0.1) is 21.5 Å². The lowest BCUT2D eigenvalue weighted by molar-refractivity contribution is -0.114. The van der Waals surface area contributed by atoms with Crippen LogP contribution in [0, 0.1) is 0 Å². The maximum absolute atomic E-state index is 12.4. The zero-order chi connectivity index (χ0) is 24.6. The van der Waals surface area contributed by atoms with Gasteiger partial charge in [-0.1, -0.05) is 65.7 Å². The van der Waals surface area contributed by atoms with Gasteiger partial charge in [-0.15, -0.1) is 23.1 Å². The number of amides is 2. The Hall–Kier alpha value is -3.10. The molecule has 9 heteroatoms. The summed E-state index contributed by atoms with van der Waals surface area (Å²) in [5.74, 6) is -0.201. The van der Waals surface area contributed by atoms with E-state index in [1.54, 1.807) is 24.3 Å². The number of carbonyl (C=O) groups excluding carboxylic acids is 2. The van der Waals surface area contributed by atoms with E-state index in [9.17, 15) is 9.59 Å². The predicted molar refractivity (Wildman–Crippen MR) is 147 cm³/mol. The van der Waals surface area contributed by atoms with Crippen molar-refractivity contribution < 1.29 is 9.59 Å². The maximum Gasteiger partial charge on any atom is 0.248 e. The van der Waals surface area contributed by atoms with Crippen LogP contribution in [-0.4, -0.2) is 22.6 Å². The minimum absolute atomic E-state index is 0.176. The standard InChI is InChI=1S/C26H19Cl2N3O2S2/c27-21-11-10-18(13-22(21)28)23-15-35-26(30-23)31-25(33)16-34-20-8-4-7-19(14-20)29-24(32)12-9-17-5-2-1-3-6-17/h1-15H,16H2,(H,29,32)(H,30,31,33)/b12-9+. The lowest BCUT2D eigenvalue weighted by Gasteiger charge is -2.06. The molecule has 0 aliphatic heterocycles. The number of benzene rings is 3. The van der Waals surface area contributed by atoms with Crippen LogP contribution < -0.4 is 10.6 Å². The van der Waals surface area contributed by atoms with Gasteiger partial charge >= 0.3 is 0 Å². The smallest absolute Gasteiger partial charge is 0.248 e. The average molecular weight is 540 g/mol. The first-order valence-corrected chi connectivity index (χ1v) is 13.1. The molecule has 176 valence electrons. The third-order valence-electron chi connectivity index (χ3n) is 4.66. The summed E-state index contributed by atoms with van der Waals surface area (Å²) in [4.78, 5) is 30.0. The largest absolute Gasteiger partial charge is 0.322 e. The molecular formula is C26H19Cl2N3O2S2. The molecule has 0 aliphatic rings. The van der Waals surface area contributed by atoms with Crippen molar-refractivity contribution in [2.45, 2.75) is 4.90 Å². The molecule has 4 aromatic rings. The zero-order valence-corrected chi connectivity index (χ0v) is 21.3. The highest BCUT2D eigenvalue weighted by atomic mass is 35.5. The highest BCUT2D eigenvalue weighted by Gasteiger charge is 2.10. The lowest BCUT2D eigenvalue weighted by Crippen LogP contribution is -2.13. The van der Waals surface area contributed by atoms with E-state index in [-0.39, 0.29) is 17.6 Å². The Kier molecular flexibility index (Phi) is 8.60. The Labute approximate surface area is 221 Å². The lowest BCUT2D eigenvalue weighted by atomic mass is 10.2. The fourth-order valence-electron chi connectivity index (χ4n) is 3.01. The molecule has 1 heterocycles. The van der Waals surface area contributed by atoms with Gasteiger partial charge < -0.3 is 10.6 Å². The third kappa shape index (κ3) is 7.44. The van der Waals surface area contributed by atoms with Gasteiger partial charge in [0.1, 0.15) is 0 Å². The second-order valence-corrected chi connectivity index (χ2v) is 9.99. The van der Waals surface area contributed by atoms with Crippen LogP contribution in [0.15, 0.2) is 89.1 Å². The Morgan fingerprint density at radius 1 is 0.943 bits per heavy atom. The second kappa shape index (κ2) is 12.0. The van der Waals surface area contributed by atoms with Gasteiger partial charge in [-0.05, 0) is 42.0 Å². The molecular weight excluding hydrogens is 521 g/mol. The summed E-state index contributed by atoms with van der Waals surface area (Å²) in [7, 11) is 0. The molecule has 0 radical (unpaired) electrons. The second-order valence-electron chi connectivity index (χ2n) is 7.26. The van der Waals surface area contributed by atoms with Crippen molar-refractivity contribution in [2.24, 2.45) is 0 Å². The van der Waals surface area contributed by atoms with Gasteiger partial charge in [0.25, 0.3) is 0 Å². The van der Waals surface area contributed by atoms with Gasteiger partial charge in [-0.25, -0.2) is 4.98 Å². The van der Waals surface area contributed by atoms with E-state index < -0.39 is 0 Å². The molecule has 4 rings (SSSR count). The van der Waals surface area contributed by atoms with E-state index >= 15 is 0 Å².